The highest BCUT2D eigenvalue weighted by Crippen LogP contribution is 2.25. The smallest absolute Gasteiger partial charge is 0.0579 e. The maximum atomic E-state index is 9.44. The molecule has 0 radical (unpaired) electrons. The van der Waals surface area contributed by atoms with Crippen molar-refractivity contribution in [1.82, 2.24) is 0 Å². The highest BCUT2D eigenvalue weighted by Gasteiger charge is 2.09. The van der Waals surface area contributed by atoms with Gasteiger partial charge in [0.2, 0.25) is 0 Å². The molecule has 1 nitrogen and oxygen atoms in total. The first-order valence-corrected chi connectivity index (χ1v) is 5.01. The average Bonchev–Trinajstić information content (AvgIpc) is 2.11. The molecule has 0 aliphatic heterocycles. The van der Waals surface area contributed by atoms with E-state index in [9.17, 15) is 5.11 Å². The van der Waals surface area contributed by atoms with Gasteiger partial charge in [0, 0.05) is 16.5 Å². The van der Waals surface area contributed by atoms with Crippen LogP contribution in [0.4, 0.5) is 0 Å². The summed E-state index contributed by atoms with van der Waals surface area (Å²) >= 11 is 11.9. The Morgan fingerprint density at radius 3 is 2.31 bits per heavy atom. The quantitative estimate of drug-likeness (QED) is 0.826. The number of aliphatic hydroxyl groups excluding tert-OH is 1. The summed E-state index contributed by atoms with van der Waals surface area (Å²) in [6.07, 6.45) is 0.869. The molecule has 0 saturated carbocycles. The van der Waals surface area contributed by atoms with Crippen LogP contribution in [0.2, 0.25) is 10.0 Å². The summed E-state index contributed by atoms with van der Waals surface area (Å²) in [7, 11) is 0. The highest BCUT2D eigenvalue weighted by molar-refractivity contribution is 6.35. The number of benzene rings is 1. The lowest BCUT2D eigenvalue weighted by Crippen LogP contribution is -2.09. The van der Waals surface area contributed by atoms with Crippen LogP contribution in [-0.4, -0.2) is 11.2 Å². The van der Waals surface area contributed by atoms with E-state index in [1.807, 2.05) is 6.92 Å². The zero-order valence-electron chi connectivity index (χ0n) is 7.43. The Kier molecular flexibility index (Phi) is 4.04. The van der Waals surface area contributed by atoms with Crippen LogP contribution in [0, 0.1) is 0 Å². The SMILES string of the molecule is CC[C@H](O)Cc1c(Cl)cccc1Cl. The van der Waals surface area contributed by atoms with Crippen LogP contribution in [-0.2, 0) is 6.42 Å². The molecule has 0 saturated heterocycles. The van der Waals surface area contributed by atoms with Gasteiger partial charge in [0.15, 0.2) is 0 Å². The molecule has 1 N–H and O–H groups in total. The van der Waals surface area contributed by atoms with Gasteiger partial charge in [-0.1, -0.05) is 36.2 Å². The number of rotatable bonds is 3. The fraction of sp³-hybridized carbons (Fsp3) is 0.400. The molecule has 0 aliphatic carbocycles. The van der Waals surface area contributed by atoms with Crippen LogP contribution < -0.4 is 0 Å². The van der Waals surface area contributed by atoms with Crippen molar-refractivity contribution in [2.24, 2.45) is 0 Å². The Morgan fingerprint density at radius 1 is 1.31 bits per heavy atom. The van der Waals surface area contributed by atoms with Crippen molar-refractivity contribution in [3.63, 3.8) is 0 Å². The van der Waals surface area contributed by atoms with Gasteiger partial charge in [-0.3, -0.25) is 0 Å². The van der Waals surface area contributed by atoms with E-state index in [1.54, 1.807) is 18.2 Å². The van der Waals surface area contributed by atoms with Gasteiger partial charge in [-0.2, -0.15) is 0 Å². The predicted octanol–water partition coefficient (Wildman–Crippen LogP) is 3.31. The number of hydrogen-bond acceptors (Lipinski definition) is 1. The van der Waals surface area contributed by atoms with Crippen molar-refractivity contribution >= 4 is 23.2 Å². The summed E-state index contributed by atoms with van der Waals surface area (Å²) in [5.41, 5.74) is 0.834. The van der Waals surface area contributed by atoms with E-state index in [0.29, 0.717) is 22.9 Å². The van der Waals surface area contributed by atoms with E-state index in [2.05, 4.69) is 0 Å². The Balaban J connectivity index is 2.87. The van der Waals surface area contributed by atoms with Gasteiger partial charge in [0.05, 0.1) is 6.10 Å². The molecule has 0 unspecified atom stereocenters. The third-order valence-corrected chi connectivity index (χ3v) is 2.68. The van der Waals surface area contributed by atoms with Gasteiger partial charge in [-0.25, -0.2) is 0 Å². The van der Waals surface area contributed by atoms with Crippen molar-refractivity contribution in [2.75, 3.05) is 0 Å². The molecular weight excluding hydrogens is 207 g/mol. The molecule has 0 amide bonds. The second-order valence-corrected chi connectivity index (χ2v) is 3.78. The molecule has 0 aliphatic rings. The number of halogens is 2. The monoisotopic (exact) mass is 218 g/mol. The molecule has 1 aromatic rings. The summed E-state index contributed by atoms with van der Waals surface area (Å²) in [6.45, 7) is 1.93. The van der Waals surface area contributed by atoms with Crippen molar-refractivity contribution in [1.29, 1.82) is 0 Å². The van der Waals surface area contributed by atoms with Crippen molar-refractivity contribution in [3.05, 3.63) is 33.8 Å². The molecule has 0 heterocycles. The topological polar surface area (TPSA) is 20.2 Å². The van der Waals surface area contributed by atoms with Gasteiger partial charge in [-0.15, -0.1) is 0 Å². The van der Waals surface area contributed by atoms with Crippen molar-refractivity contribution < 1.29 is 5.11 Å². The van der Waals surface area contributed by atoms with Crippen LogP contribution in [0.15, 0.2) is 18.2 Å². The standard InChI is InChI=1S/C10H12Cl2O/c1-2-7(13)6-8-9(11)4-3-5-10(8)12/h3-5,7,13H,2,6H2,1H3/t7-/m0/s1. The molecular formula is C10H12Cl2O. The first kappa shape index (κ1) is 10.8. The maximum absolute atomic E-state index is 9.44. The Labute approximate surface area is 88.3 Å². The molecule has 1 rings (SSSR count). The minimum Gasteiger partial charge on any atom is -0.393 e. The third-order valence-electron chi connectivity index (χ3n) is 1.97. The van der Waals surface area contributed by atoms with Crippen molar-refractivity contribution in [3.8, 4) is 0 Å². The molecule has 72 valence electrons. The van der Waals surface area contributed by atoms with Gasteiger partial charge < -0.3 is 5.11 Å². The summed E-state index contributed by atoms with van der Waals surface area (Å²) in [5, 5.41) is 10.7. The van der Waals surface area contributed by atoms with E-state index in [4.69, 9.17) is 23.2 Å². The summed E-state index contributed by atoms with van der Waals surface area (Å²) in [4.78, 5) is 0. The third kappa shape index (κ3) is 2.87. The molecule has 0 spiro atoms. The van der Waals surface area contributed by atoms with Gasteiger partial charge >= 0.3 is 0 Å². The molecule has 0 bridgehead atoms. The summed E-state index contributed by atoms with van der Waals surface area (Å²) in [5.74, 6) is 0. The lowest BCUT2D eigenvalue weighted by molar-refractivity contribution is 0.171. The van der Waals surface area contributed by atoms with E-state index in [0.717, 1.165) is 5.56 Å². The van der Waals surface area contributed by atoms with E-state index < -0.39 is 0 Å². The summed E-state index contributed by atoms with van der Waals surface area (Å²) in [6, 6.07) is 5.36. The fourth-order valence-corrected chi connectivity index (χ4v) is 1.66. The molecule has 3 heteroatoms. The molecule has 1 atom stereocenters. The van der Waals surface area contributed by atoms with E-state index in [1.165, 1.54) is 0 Å². The zero-order chi connectivity index (χ0) is 9.84. The largest absolute Gasteiger partial charge is 0.393 e. The first-order valence-electron chi connectivity index (χ1n) is 4.26. The van der Waals surface area contributed by atoms with Crippen LogP contribution in [0.1, 0.15) is 18.9 Å². The highest BCUT2D eigenvalue weighted by atomic mass is 35.5. The average molecular weight is 219 g/mol. The normalized spacial score (nSPS) is 12.9. The van der Waals surface area contributed by atoms with Crippen LogP contribution in [0.5, 0.6) is 0 Å². The zero-order valence-corrected chi connectivity index (χ0v) is 8.94. The molecule has 0 fully saturated rings. The second-order valence-electron chi connectivity index (χ2n) is 2.97. The van der Waals surface area contributed by atoms with Crippen LogP contribution in [0.25, 0.3) is 0 Å². The summed E-state index contributed by atoms with van der Waals surface area (Å²) < 4.78 is 0. The number of hydrogen-bond donors (Lipinski definition) is 1. The number of aliphatic hydroxyl groups is 1. The van der Waals surface area contributed by atoms with Crippen LogP contribution in [0.3, 0.4) is 0 Å². The van der Waals surface area contributed by atoms with E-state index >= 15 is 0 Å². The van der Waals surface area contributed by atoms with Gasteiger partial charge in [0.1, 0.15) is 0 Å². The second kappa shape index (κ2) is 4.85. The van der Waals surface area contributed by atoms with Gasteiger partial charge in [0.25, 0.3) is 0 Å². The Bertz CT molecular complexity index is 266. The molecule has 13 heavy (non-hydrogen) atoms. The fourth-order valence-electron chi connectivity index (χ4n) is 1.11. The maximum Gasteiger partial charge on any atom is 0.0579 e. The van der Waals surface area contributed by atoms with E-state index in [-0.39, 0.29) is 6.10 Å². The molecule has 0 aromatic heterocycles. The van der Waals surface area contributed by atoms with Crippen molar-refractivity contribution in [2.45, 2.75) is 25.9 Å². The Hall–Kier alpha value is -0.240. The lowest BCUT2D eigenvalue weighted by Gasteiger charge is -2.10. The van der Waals surface area contributed by atoms with Gasteiger partial charge in [-0.05, 0) is 24.1 Å². The minimum absolute atomic E-state index is 0.364. The van der Waals surface area contributed by atoms with Crippen LogP contribution >= 0.6 is 23.2 Å². The lowest BCUT2D eigenvalue weighted by atomic mass is 10.1. The predicted molar refractivity (Wildman–Crippen MR) is 56.5 cm³/mol. The molecule has 1 aromatic carbocycles. The first-order chi connectivity index (χ1) is 6.15. The Morgan fingerprint density at radius 2 is 1.85 bits per heavy atom. The minimum atomic E-state index is -0.364.